The van der Waals surface area contributed by atoms with Gasteiger partial charge in [0.2, 0.25) is 0 Å². The molecular formula is C15H19NO2. The van der Waals surface area contributed by atoms with Crippen LogP contribution in [0.15, 0.2) is 12.1 Å². The molecule has 0 saturated carbocycles. The third-order valence-corrected chi connectivity index (χ3v) is 2.45. The average Bonchev–Trinajstić information content (AvgIpc) is 2.20. The van der Waals surface area contributed by atoms with Crippen LogP contribution in [0.3, 0.4) is 0 Å². The lowest BCUT2D eigenvalue weighted by molar-refractivity contribution is 0.0636. The van der Waals surface area contributed by atoms with Gasteiger partial charge in [0.25, 0.3) is 0 Å². The Morgan fingerprint density at radius 1 is 1.33 bits per heavy atom. The number of anilines is 1. The minimum absolute atomic E-state index is 0.475. The zero-order valence-electron chi connectivity index (χ0n) is 11.5. The summed E-state index contributed by atoms with van der Waals surface area (Å²) in [6.45, 7) is 9.29. The zero-order valence-corrected chi connectivity index (χ0v) is 11.5. The van der Waals surface area contributed by atoms with Gasteiger partial charge in [0.15, 0.2) is 0 Å². The van der Waals surface area contributed by atoms with Crippen molar-refractivity contribution in [3.05, 3.63) is 28.8 Å². The van der Waals surface area contributed by atoms with E-state index in [-0.39, 0.29) is 0 Å². The highest BCUT2D eigenvalue weighted by Crippen LogP contribution is 2.22. The van der Waals surface area contributed by atoms with Crippen molar-refractivity contribution >= 4 is 11.8 Å². The standard InChI is InChI=1S/C15H19NO2/c1-7-12-10(2)8-9-13(11(12)3)16-14(17)18-15(4,5)6/h1,8-9H,2-6H3,(H,16,17). The van der Waals surface area contributed by atoms with E-state index in [0.717, 1.165) is 16.7 Å². The summed E-state index contributed by atoms with van der Waals surface area (Å²) < 4.78 is 5.20. The lowest BCUT2D eigenvalue weighted by Crippen LogP contribution is -2.27. The molecule has 0 bridgehead atoms. The second kappa shape index (κ2) is 5.14. The fourth-order valence-corrected chi connectivity index (χ4v) is 1.62. The SMILES string of the molecule is C#Cc1c(C)ccc(NC(=O)OC(C)(C)C)c1C. The second-order valence-electron chi connectivity index (χ2n) is 5.20. The van der Waals surface area contributed by atoms with Crippen LogP contribution in [0.25, 0.3) is 0 Å². The summed E-state index contributed by atoms with van der Waals surface area (Å²) in [5.74, 6) is 2.63. The maximum atomic E-state index is 11.7. The van der Waals surface area contributed by atoms with Gasteiger partial charge in [0.1, 0.15) is 5.60 Å². The van der Waals surface area contributed by atoms with E-state index in [9.17, 15) is 4.79 Å². The third kappa shape index (κ3) is 3.53. The summed E-state index contributed by atoms with van der Waals surface area (Å²) in [4.78, 5) is 11.7. The number of hydrogen-bond donors (Lipinski definition) is 1. The van der Waals surface area contributed by atoms with E-state index < -0.39 is 11.7 Å². The molecule has 0 fully saturated rings. The van der Waals surface area contributed by atoms with Crippen molar-refractivity contribution in [3.63, 3.8) is 0 Å². The van der Waals surface area contributed by atoms with Crippen molar-refractivity contribution in [1.82, 2.24) is 0 Å². The highest BCUT2D eigenvalue weighted by Gasteiger charge is 2.17. The Kier molecular flexibility index (Phi) is 4.03. The quantitative estimate of drug-likeness (QED) is 0.767. The molecule has 0 radical (unpaired) electrons. The monoisotopic (exact) mass is 245 g/mol. The van der Waals surface area contributed by atoms with Crippen LogP contribution >= 0.6 is 0 Å². The van der Waals surface area contributed by atoms with Gasteiger partial charge in [-0.3, -0.25) is 5.32 Å². The summed E-state index contributed by atoms with van der Waals surface area (Å²) >= 11 is 0. The Hall–Kier alpha value is -1.95. The number of aryl methyl sites for hydroxylation is 1. The van der Waals surface area contributed by atoms with Gasteiger partial charge in [0, 0.05) is 11.3 Å². The van der Waals surface area contributed by atoms with Gasteiger partial charge in [-0.25, -0.2) is 4.79 Å². The number of terminal acetylenes is 1. The molecule has 3 heteroatoms. The number of carbonyl (C=O) groups is 1. The van der Waals surface area contributed by atoms with E-state index in [1.54, 1.807) is 0 Å². The summed E-state index contributed by atoms with van der Waals surface area (Å²) in [6, 6.07) is 3.71. The molecule has 0 spiro atoms. The lowest BCUT2D eigenvalue weighted by atomic mass is 10.0. The minimum Gasteiger partial charge on any atom is -0.444 e. The molecule has 0 heterocycles. The maximum absolute atomic E-state index is 11.7. The molecular weight excluding hydrogens is 226 g/mol. The molecule has 0 saturated heterocycles. The summed E-state index contributed by atoms with van der Waals surface area (Å²) in [5, 5.41) is 2.71. The van der Waals surface area contributed by atoms with Crippen LogP contribution in [-0.2, 0) is 4.74 Å². The predicted octanol–water partition coefficient (Wildman–Crippen LogP) is 3.63. The number of carbonyl (C=O) groups excluding carboxylic acids is 1. The topological polar surface area (TPSA) is 38.3 Å². The van der Waals surface area contributed by atoms with Crippen LogP contribution in [0.2, 0.25) is 0 Å². The number of benzene rings is 1. The van der Waals surface area contributed by atoms with Crippen molar-refractivity contribution in [2.24, 2.45) is 0 Å². The molecule has 18 heavy (non-hydrogen) atoms. The number of hydrogen-bond acceptors (Lipinski definition) is 2. The maximum Gasteiger partial charge on any atom is 0.412 e. The highest BCUT2D eigenvalue weighted by molar-refractivity contribution is 5.86. The van der Waals surface area contributed by atoms with Crippen molar-refractivity contribution in [3.8, 4) is 12.3 Å². The van der Waals surface area contributed by atoms with Crippen LogP contribution < -0.4 is 5.32 Å². The van der Waals surface area contributed by atoms with Crippen molar-refractivity contribution in [2.45, 2.75) is 40.2 Å². The minimum atomic E-state index is -0.516. The molecule has 0 aliphatic heterocycles. The normalized spacial score (nSPS) is 10.7. The van der Waals surface area contributed by atoms with Crippen LogP contribution in [0.4, 0.5) is 10.5 Å². The molecule has 3 nitrogen and oxygen atoms in total. The Balaban J connectivity index is 2.94. The molecule has 0 aromatic heterocycles. The summed E-state index contributed by atoms with van der Waals surface area (Å²) in [7, 11) is 0. The number of ether oxygens (including phenoxy) is 1. The van der Waals surface area contributed by atoms with Gasteiger partial charge in [-0.2, -0.15) is 0 Å². The van der Waals surface area contributed by atoms with Gasteiger partial charge >= 0.3 is 6.09 Å². The van der Waals surface area contributed by atoms with Crippen LogP contribution in [-0.4, -0.2) is 11.7 Å². The van der Waals surface area contributed by atoms with Crippen molar-refractivity contribution in [1.29, 1.82) is 0 Å². The van der Waals surface area contributed by atoms with Gasteiger partial charge in [0.05, 0.1) is 0 Å². The van der Waals surface area contributed by atoms with Crippen LogP contribution in [0.5, 0.6) is 0 Å². The molecule has 1 aromatic carbocycles. The second-order valence-corrected chi connectivity index (χ2v) is 5.20. The predicted molar refractivity (Wildman–Crippen MR) is 73.7 cm³/mol. The Morgan fingerprint density at radius 3 is 2.44 bits per heavy atom. The fourth-order valence-electron chi connectivity index (χ4n) is 1.62. The Bertz CT molecular complexity index is 504. The van der Waals surface area contributed by atoms with E-state index in [1.165, 1.54) is 0 Å². The van der Waals surface area contributed by atoms with Crippen LogP contribution in [0, 0.1) is 26.2 Å². The molecule has 96 valence electrons. The zero-order chi connectivity index (χ0) is 13.9. The van der Waals surface area contributed by atoms with Gasteiger partial charge in [-0.05, 0) is 51.8 Å². The highest BCUT2D eigenvalue weighted by atomic mass is 16.6. The van der Waals surface area contributed by atoms with Crippen molar-refractivity contribution in [2.75, 3.05) is 5.32 Å². The van der Waals surface area contributed by atoms with E-state index in [0.29, 0.717) is 5.69 Å². The van der Waals surface area contributed by atoms with E-state index in [2.05, 4.69) is 11.2 Å². The van der Waals surface area contributed by atoms with Gasteiger partial charge < -0.3 is 4.74 Å². The first-order chi connectivity index (χ1) is 8.24. The lowest BCUT2D eigenvalue weighted by Gasteiger charge is -2.20. The van der Waals surface area contributed by atoms with E-state index in [1.807, 2.05) is 46.8 Å². The smallest absolute Gasteiger partial charge is 0.412 e. The average molecular weight is 245 g/mol. The van der Waals surface area contributed by atoms with E-state index >= 15 is 0 Å². The summed E-state index contributed by atoms with van der Waals surface area (Å²) in [5.41, 5.74) is 2.87. The fraction of sp³-hybridized carbons (Fsp3) is 0.400. The molecule has 1 N–H and O–H groups in total. The molecule has 1 aromatic rings. The molecule has 1 rings (SSSR count). The first kappa shape index (κ1) is 14.1. The molecule has 1 amide bonds. The summed E-state index contributed by atoms with van der Waals surface area (Å²) in [6.07, 6.45) is 4.98. The first-order valence-corrected chi connectivity index (χ1v) is 5.81. The molecule has 0 atom stereocenters. The number of nitrogens with one attached hydrogen (secondary N) is 1. The van der Waals surface area contributed by atoms with Crippen molar-refractivity contribution < 1.29 is 9.53 Å². The molecule has 0 aliphatic carbocycles. The van der Waals surface area contributed by atoms with Gasteiger partial charge in [-0.1, -0.05) is 12.0 Å². The Labute approximate surface area is 109 Å². The van der Waals surface area contributed by atoms with Gasteiger partial charge in [-0.15, -0.1) is 6.42 Å². The number of rotatable bonds is 1. The third-order valence-electron chi connectivity index (χ3n) is 2.45. The molecule has 0 aliphatic rings. The number of amides is 1. The van der Waals surface area contributed by atoms with Crippen LogP contribution in [0.1, 0.15) is 37.5 Å². The molecule has 0 unspecified atom stereocenters. The Morgan fingerprint density at radius 2 is 1.94 bits per heavy atom. The first-order valence-electron chi connectivity index (χ1n) is 5.81. The van der Waals surface area contributed by atoms with E-state index in [4.69, 9.17) is 11.2 Å². The largest absolute Gasteiger partial charge is 0.444 e.